The van der Waals surface area contributed by atoms with Crippen molar-refractivity contribution in [1.29, 1.82) is 0 Å². The second-order valence-corrected chi connectivity index (χ2v) is 8.24. The van der Waals surface area contributed by atoms with Gasteiger partial charge in [-0.25, -0.2) is 23.1 Å². The second kappa shape index (κ2) is 9.70. The van der Waals surface area contributed by atoms with E-state index in [0.717, 1.165) is 35.8 Å². The monoisotopic (exact) mass is 454 g/mol. The largest absolute Gasteiger partial charge is 0.236 e. The van der Waals surface area contributed by atoms with E-state index in [1.165, 1.54) is 12.1 Å². The number of benzene rings is 3. The van der Waals surface area contributed by atoms with E-state index >= 15 is 4.39 Å². The Balaban J connectivity index is 1.54. The number of rotatable bonds is 7. The third-order valence-corrected chi connectivity index (χ3v) is 5.90. The Bertz CT molecular complexity index is 1230. The van der Waals surface area contributed by atoms with Crippen molar-refractivity contribution in [3.05, 3.63) is 94.0 Å². The van der Waals surface area contributed by atoms with Crippen LogP contribution in [0.2, 0.25) is 5.02 Å². The normalized spacial score (nSPS) is 11.3. The van der Waals surface area contributed by atoms with Gasteiger partial charge in [-0.15, -0.1) is 0 Å². The summed E-state index contributed by atoms with van der Waals surface area (Å²) < 4.78 is 42.4. The van der Waals surface area contributed by atoms with Crippen molar-refractivity contribution in [2.75, 3.05) is 0 Å². The molecule has 4 aromatic rings. The van der Waals surface area contributed by atoms with Crippen molar-refractivity contribution < 1.29 is 13.2 Å². The molecule has 0 saturated carbocycles. The van der Waals surface area contributed by atoms with Crippen LogP contribution in [0, 0.1) is 17.5 Å². The number of hydrogen-bond acceptors (Lipinski definition) is 2. The lowest BCUT2D eigenvalue weighted by Crippen LogP contribution is -1.98. The van der Waals surface area contributed by atoms with Gasteiger partial charge in [0.25, 0.3) is 0 Å². The summed E-state index contributed by atoms with van der Waals surface area (Å²) in [5, 5.41) is 0.700. The molecule has 0 N–H and O–H groups in total. The number of fused-ring (bicyclic) bond motifs is 1. The number of aryl methyl sites for hydroxylation is 3. The Morgan fingerprint density at radius 2 is 1.53 bits per heavy atom. The predicted octanol–water partition coefficient (Wildman–Crippen LogP) is 7.50. The molecule has 1 aromatic heterocycles. The van der Waals surface area contributed by atoms with Gasteiger partial charge in [0.2, 0.25) is 0 Å². The van der Waals surface area contributed by atoms with Gasteiger partial charge >= 0.3 is 0 Å². The summed E-state index contributed by atoms with van der Waals surface area (Å²) in [5.74, 6) is -1.36. The van der Waals surface area contributed by atoms with Crippen LogP contribution in [0.25, 0.3) is 22.2 Å². The Morgan fingerprint density at radius 1 is 0.812 bits per heavy atom. The third kappa shape index (κ3) is 4.78. The fourth-order valence-corrected chi connectivity index (χ4v) is 3.82. The van der Waals surface area contributed by atoms with Crippen LogP contribution < -0.4 is 0 Å². The molecule has 3 aromatic carbocycles. The quantitative estimate of drug-likeness (QED) is 0.270. The lowest BCUT2D eigenvalue weighted by atomic mass is 9.99. The molecule has 0 aliphatic heterocycles. The first-order valence-corrected chi connectivity index (χ1v) is 11.0. The maximum Gasteiger partial charge on any atom is 0.159 e. The third-order valence-electron chi connectivity index (χ3n) is 5.54. The van der Waals surface area contributed by atoms with Gasteiger partial charge in [0, 0.05) is 23.3 Å². The zero-order valence-electron chi connectivity index (χ0n) is 17.6. The molecule has 6 heteroatoms. The second-order valence-electron chi connectivity index (χ2n) is 7.87. The van der Waals surface area contributed by atoms with Crippen molar-refractivity contribution in [2.45, 2.75) is 39.0 Å². The molecule has 0 aliphatic carbocycles. The summed E-state index contributed by atoms with van der Waals surface area (Å²) >= 11 is 5.52. The highest BCUT2D eigenvalue weighted by Gasteiger charge is 2.12. The molecule has 0 spiro atoms. The molecule has 0 radical (unpaired) electrons. The summed E-state index contributed by atoms with van der Waals surface area (Å²) in [4.78, 5) is 8.91. The molecule has 0 saturated heterocycles. The van der Waals surface area contributed by atoms with Crippen LogP contribution >= 0.6 is 11.6 Å². The average molecular weight is 455 g/mol. The lowest BCUT2D eigenvalue weighted by Gasteiger charge is -2.09. The van der Waals surface area contributed by atoms with E-state index in [1.54, 1.807) is 18.2 Å². The number of halogens is 4. The smallest absolute Gasteiger partial charge is 0.159 e. The summed E-state index contributed by atoms with van der Waals surface area (Å²) in [6.07, 6.45) is 7.46. The van der Waals surface area contributed by atoms with Crippen LogP contribution in [-0.4, -0.2) is 9.97 Å². The summed E-state index contributed by atoms with van der Waals surface area (Å²) in [6, 6.07) is 11.3. The summed E-state index contributed by atoms with van der Waals surface area (Å²) in [7, 11) is 0. The molecule has 1 heterocycles. The Labute approximate surface area is 190 Å². The van der Waals surface area contributed by atoms with Gasteiger partial charge in [-0.05, 0) is 66.0 Å². The highest BCUT2D eigenvalue weighted by atomic mass is 35.5. The molecule has 0 unspecified atom stereocenters. The van der Waals surface area contributed by atoms with Crippen LogP contribution in [-0.2, 0) is 19.3 Å². The molecular formula is C26H22ClF3N2. The molecule has 0 fully saturated rings. The maximum absolute atomic E-state index is 15.1. The van der Waals surface area contributed by atoms with E-state index in [0.29, 0.717) is 35.2 Å². The van der Waals surface area contributed by atoms with E-state index < -0.39 is 16.7 Å². The van der Waals surface area contributed by atoms with E-state index in [1.807, 2.05) is 24.5 Å². The zero-order valence-corrected chi connectivity index (χ0v) is 18.4. The van der Waals surface area contributed by atoms with Crippen molar-refractivity contribution in [1.82, 2.24) is 9.97 Å². The Morgan fingerprint density at radius 3 is 2.22 bits per heavy atom. The first kappa shape index (κ1) is 22.3. The molecule has 0 bridgehead atoms. The van der Waals surface area contributed by atoms with E-state index in [2.05, 4.69) is 16.9 Å². The van der Waals surface area contributed by atoms with Crippen LogP contribution in [0.5, 0.6) is 0 Å². The molecule has 0 amide bonds. The number of hydrogen-bond donors (Lipinski definition) is 0. The first-order valence-electron chi connectivity index (χ1n) is 10.6. The SMILES string of the molecule is CCCCc1cnc(-c2ccc3c(F)c(CCc4cc(F)c(Cl)c(F)c4)ccc3c2)nc1. The minimum Gasteiger partial charge on any atom is -0.236 e. The minimum absolute atomic E-state index is 0.295. The van der Waals surface area contributed by atoms with Crippen molar-refractivity contribution in [2.24, 2.45) is 0 Å². The molecule has 32 heavy (non-hydrogen) atoms. The molecule has 2 nitrogen and oxygen atoms in total. The van der Waals surface area contributed by atoms with Gasteiger partial charge in [0.15, 0.2) is 5.82 Å². The van der Waals surface area contributed by atoms with E-state index in [4.69, 9.17) is 11.6 Å². The molecule has 0 atom stereocenters. The minimum atomic E-state index is -0.811. The van der Waals surface area contributed by atoms with E-state index in [-0.39, 0.29) is 5.82 Å². The molecule has 0 aliphatic rings. The van der Waals surface area contributed by atoms with Crippen molar-refractivity contribution in [3.63, 3.8) is 0 Å². The van der Waals surface area contributed by atoms with Gasteiger partial charge < -0.3 is 0 Å². The molecule has 164 valence electrons. The lowest BCUT2D eigenvalue weighted by molar-refractivity contribution is 0.579. The average Bonchev–Trinajstić information content (AvgIpc) is 2.81. The zero-order chi connectivity index (χ0) is 22.7. The topological polar surface area (TPSA) is 25.8 Å². The highest BCUT2D eigenvalue weighted by molar-refractivity contribution is 6.30. The van der Waals surface area contributed by atoms with Crippen LogP contribution in [0.1, 0.15) is 36.5 Å². The standard InChI is InChI=1S/C26H22ClF3N2/c1-2-3-4-17-14-31-26(32-15-17)20-9-10-21-19(13-20)8-7-18(25(21)30)6-5-16-11-22(28)24(27)23(29)12-16/h7-15H,2-6H2,1H3. The van der Waals surface area contributed by atoms with Gasteiger partial charge in [0.1, 0.15) is 22.5 Å². The number of unbranched alkanes of at least 4 members (excludes halogenated alkanes) is 1. The molecular weight excluding hydrogens is 433 g/mol. The van der Waals surface area contributed by atoms with Crippen LogP contribution in [0.3, 0.4) is 0 Å². The predicted molar refractivity (Wildman–Crippen MR) is 122 cm³/mol. The van der Waals surface area contributed by atoms with Gasteiger partial charge in [-0.2, -0.15) is 0 Å². The Kier molecular flexibility index (Phi) is 6.75. The van der Waals surface area contributed by atoms with Crippen LogP contribution in [0.15, 0.2) is 54.9 Å². The van der Waals surface area contributed by atoms with Gasteiger partial charge in [-0.1, -0.05) is 49.2 Å². The number of aromatic nitrogens is 2. The first-order chi connectivity index (χ1) is 15.5. The highest BCUT2D eigenvalue weighted by Crippen LogP contribution is 2.27. The van der Waals surface area contributed by atoms with Gasteiger partial charge in [-0.3, -0.25) is 0 Å². The number of nitrogens with zero attached hydrogens (tertiary/aromatic N) is 2. The summed E-state index contributed by atoms with van der Waals surface area (Å²) in [6.45, 7) is 2.14. The summed E-state index contributed by atoms with van der Waals surface area (Å²) in [5.41, 5.74) is 2.84. The maximum atomic E-state index is 15.1. The van der Waals surface area contributed by atoms with E-state index in [9.17, 15) is 8.78 Å². The van der Waals surface area contributed by atoms with Crippen molar-refractivity contribution >= 4 is 22.4 Å². The molecule has 4 rings (SSSR count). The van der Waals surface area contributed by atoms with Crippen LogP contribution in [0.4, 0.5) is 13.2 Å². The fraction of sp³-hybridized carbons (Fsp3) is 0.231. The Hall–Kier alpha value is -2.92. The van der Waals surface area contributed by atoms with Gasteiger partial charge in [0.05, 0.1) is 0 Å². The van der Waals surface area contributed by atoms with Crippen molar-refractivity contribution in [3.8, 4) is 11.4 Å². The fourth-order valence-electron chi connectivity index (χ4n) is 3.71.